The van der Waals surface area contributed by atoms with E-state index < -0.39 is 11.5 Å². The van der Waals surface area contributed by atoms with E-state index in [1.165, 1.54) is 6.92 Å². The fraction of sp³-hybridized carbons (Fsp3) is 0.333. The summed E-state index contributed by atoms with van der Waals surface area (Å²) in [6, 6.07) is 13.1. The summed E-state index contributed by atoms with van der Waals surface area (Å²) in [7, 11) is 0. The number of hydrogen-bond donors (Lipinski definition) is 1. The van der Waals surface area contributed by atoms with Crippen LogP contribution in [-0.2, 0) is 15.2 Å². The maximum absolute atomic E-state index is 12.9. The molecule has 0 saturated heterocycles. The molecule has 1 amide bonds. The molecule has 1 atom stereocenters. The number of anilines is 1. The number of aliphatic hydroxyl groups is 1. The third-order valence-corrected chi connectivity index (χ3v) is 5.17. The summed E-state index contributed by atoms with van der Waals surface area (Å²) >= 11 is 3.37. The van der Waals surface area contributed by atoms with E-state index in [2.05, 4.69) is 15.9 Å². The Morgan fingerprint density at radius 3 is 2.70 bits per heavy atom. The van der Waals surface area contributed by atoms with Gasteiger partial charge < -0.3 is 14.7 Å². The first-order valence-electron chi connectivity index (χ1n) is 8.85. The molecule has 0 spiro atoms. The highest BCUT2D eigenvalue weighted by atomic mass is 79.9. The molecule has 142 valence electrons. The lowest BCUT2D eigenvalue weighted by atomic mass is 9.90. The summed E-state index contributed by atoms with van der Waals surface area (Å²) in [4.78, 5) is 26.1. The van der Waals surface area contributed by atoms with Crippen molar-refractivity contribution in [3.8, 4) is 5.75 Å². The zero-order valence-electron chi connectivity index (χ0n) is 15.4. The van der Waals surface area contributed by atoms with Gasteiger partial charge in [0.1, 0.15) is 11.5 Å². The number of carbonyl (C=O) groups is 2. The molecule has 27 heavy (non-hydrogen) atoms. The van der Waals surface area contributed by atoms with Crippen molar-refractivity contribution in [3.63, 3.8) is 0 Å². The zero-order valence-corrected chi connectivity index (χ0v) is 17.0. The summed E-state index contributed by atoms with van der Waals surface area (Å²) in [6.07, 6.45) is 0.372. The van der Waals surface area contributed by atoms with Gasteiger partial charge >= 0.3 is 0 Å². The predicted octanol–water partition coefficient (Wildman–Crippen LogP) is 3.74. The number of amides is 1. The number of hydrogen-bond acceptors (Lipinski definition) is 4. The quantitative estimate of drug-likeness (QED) is 0.677. The first-order chi connectivity index (χ1) is 12.8. The van der Waals surface area contributed by atoms with Crippen LogP contribution in [0.4, 0.5) is 5.69 Å². The molecule has 0 bridgehead atoms. The number of benzene rings is 2. The van der Waals surface area contributed by atoms with Gasteiger partial charge in [-0.15, -0.1) is 0 Å². The monoisotopic (exact) mass is 431 g/mol. The van der Waals surface area contributed by atoms with Gasteiger partial charge in [0.15, 0.2) is 5.60 Å². The smallest absolute Gasteiger partial charge is 0.264 e. The summed E-state index contributed by atoms with van der Waals surface area (Å²) in [5.74, 6) is 0.130. The molecule has 0 radical (unpaired) electrons. The molecule has 1 heterocycles. The Hall–Kier alpha value is -2.18. The molecule has 5 nitrogen and oxygen atoms in total. The second kappa shape index (κ2) is 7.82. The van der Waals surface area contributed by atoms with Crippen LogP contribution in [0.15, 0.2) is 46.9 Å². The Morgan fingerprint density at radius 2 is 2.00 bits per heavy atom. The highest BCUT2D eigenvalue weighted by Crippen LogP contribution is 2.43. The van der Waals surface area contributed by atoms with Crippen LogP contribution in [-0.4, -0.2) is 29.9 Å². The third-order valence-electron chi connectivity index (χ3n) is 4.68. The summed E-state index contributed by atoms with van der Waals surface area (Å²) < 4.78 is 6.54. The fourth-order valence-electron chi connectivity index (χ4n) is 3.40. The minimum atomic E-state index is -1.80. The van der Waals surface area contributed by atoms with Crippen molar-refractivity contribution in [2.45, 2.75) is 32.3 Å². The van der Waals surface area contributed by atoms with Gasteiger partial charge in [0.2, 0.25) is 0 Å². The number of fused-ring (bicyclic) bond motifs is 1. The Labute approximate surface area is 167 Å². The number of Topliss-reactive ketones (excluding diaryl/α,β-unsaturated/α-hetero) is 1. The number of ether oxygens (including phenoxy) is 1. The molecule has 1 N–H and O–H groups in total. The van der Waals surface area contributed by atoms with E-state index in [1.807, 2.05) is 37.3 Å². The molecule has 2 aromatic rings. The van der Waals surface area contributed by atoms with Crippen molar-refractivity contribution in [3.05, 3.63) is 58.1 Å². The third kappa shape index (κ3) is 3.92. The maximum Gasteiger partial charge on any atom is 0.264 e. The van der Waals surface area contributed by atoms with Crippen molar-refractivity contribution in [1.29, 1.82) is 0 Å². The van der Waals surface area contributed by atoms with Crippen LogP contribution in [0.25, 0.3) is 0 Å². The predicted molar refractivity (Wildman–Crippen MR) is 107 cm³/mol. The summed E-state index contributed by atoms with van der Waals surface area (Å²) in [6.45, 7) is 4.21. The average Bonchev–Trinajstić information content (AvgIpc) is 2.81. The first kappa shape index (κ1) is 19.6. The van der Waals surface area contributed by atoms with Gasteiger partial charge in [-0.2, -0.15) is 0 Å². The number of aryl methyl sites for hydroxylation is 1. The van der Waals surface area contributed by atoms with Gasteiger partial charge in [-0.3, -0.25) is 9.59 Å². The number of nitrogens with zero attached hydrogens (tertiary/aromatic N) is 1. The van der Waals surface area contributed by atoms with Gasteiger partial charge in [0, 0.05) is 23.0 Å². The Bertz CT molecular complexity index is 882. The van der Waals surface area contributed by atoms with Gasteiger partial charge in [-0.1, -0.05) is 34.1 Å². The molecule has 0 aliphatic carbocycles. The molecular weight excluding hydrogens is 410 g/mol. The Kier molecular flexibility index (Phi) is 5.67. The largest absolute Gasteiger partial charge is 0.493 e. The van der Waals surface area contributed by atoms with Crippen LogP contribution >= 0.6 is 15.9 Å². The number of para-hydroxylation sites is 1. The van der Waals surface area contributed by atoms with Crippen LogP contribution in [0.2, 0.25) is 0 Å². The minimum Gasteiger partial charge on any atom is -0.493 e. The van der Waals surface area contributed by atoms with E-state index in [9.17, 15) is 14.7 Å². The highest BCUT2D eigenvalue weighted by molar-refractivity contribution is 9.10. The number of halogens is 1. The molecule has 1 aliphatic rings. The second-order valence-corrected chi connectivity index (χ2v) is 7.74. The van der Waals surface area contributed by atoms with Crippen molar-refractivity contribution in [2.75, 3.05) is 18.1 Å². The van der Waals surface area contributed by atoms with Gasteiger partial charge in [0.05, 0.1) is 12.3 Å². The molecule has 1 aliphatic heterocycles. The molecule has 0 unspecified atom stereocenters. The van der Waals surface area contributed by atoms with Crippen molar-refractivity contribution in [1.82, 2.24) is 0 Å². The normalized spacial score (nSPS) is 18.5. The maximum atomic E-state index is 12.9. The lowest BCUT2D eigenvalue weighted by molar-refractivity contribution is -0.141. The van der Waals surface area contributed by atoms with E-state index in [-0.39, 0.29) is 12.2 Å². The topological polar surface area (TPSA) is 66.8 Å². The average molecular weight is 432 g/mol. The zero-order chi connectivity index (χ0) is 19.6. The van der Waals surface area contributed by atoms with E-state index in [1.54, 1.807) is 17.0 Å². The second-order valence-electron chi connectivity index (χ2n) is 6.82. The molecule has 2 aromatic carbocycles. The lowest BCUT2D eigenvalue weighted by Gasteiger charge is -2.22. The summed E-state index contributed by atoms with van der Waals surface area (Å²) in [5.41, 5.74) is 0.363. The van der Waals surface area contributed by atoms with Crippen molar-refractivity contribution >= 4 is 33.3 Å². The Morgan fingerprint density at radius 1 is 1.26 bits per heavy atom. The van der Waals surface area contributed by atoms with Crippen LogP contribution in [0.3, 0.4) is 0 Å². The van der Waals surface area contributed by atoms with Crippen LogP contribution in [0.5, 0.6) is 5.75 Å². The van der Waals surface area contributed by atoms with Crippen molar-refractivity contribution < 1.29 is 19.4 Å². The van der Waals surface area contributed by atoms with Crippen LogP contribution in [0.1, 0.15) is 30.9 Å². The lowest BCUT2D eigenvalue weighted by Crippen LogP contribution is -2.42. The van der Waals surface area contributed by atoms with Gasteiger partial charge in [-0.05, 0) is 50.1 Å². The standard InChI is InChI=1S/C21H22BrNO4/c1-14-6-3-4-7-19(14)27-11-5-10-23-18-9-8-16(22)12-17(18)21(26,20(23)25)13-15(2)24/h3-4,6-9,12,26H,5,10-11,13H2,1-2H3/t21-/m1/s1. The first-order valence-corrected chi connectivity index (χ1v) is 9.64. The minimum absolute atomic E-state index is 0.231. The van der Waals surface area contributed by atoms with E-state index >= 15 is 0 Å². The SMILES string of the molecule is CC(=O)C[C@]1(O)C(=O)N(CCCOc2ccccc2C)c2ccc(Br)cc21. The molecule has 3 rings (SSSR count). The number of carbonyl (C=O) groups excluding carboxylic acids is 2. The molecular formula is C21H22BrNO4. The van der Waals surface area contributed by atoms with Crippen molar-refractivity contribution in [2.24, 2.45) is 0 Å². The van der Waals surface area contributed by atoms with Gasteiger partial charge in [-0.25, -0.2) is 0 Å². The molecule has 0 saturated carbocycles. The van der Waals surface area contributed by atoms with Gasteiger partial charge in [0.25, 0.3) is 5.91 Å². The number of rotatable bonds is 7. The molecule has 0 fully saturated rings. The van der Waals surface area contributed by atoms with E-state index in [4.69, 9.17) is 4.74 Å². The fourth-order valence-corrected chi connectivity index (χ4v) is 3.76. The Balaban J connectivity index is 1.73. The van der Waals surface area contributed by atoms with E-state index in [0.29, 0.717) is 30.8 Å². The number of ketones is 1. The molecule has 6 heteroatoms. The summed E-state index contributed by atoms with van der Waals surface area (Å²) in [5, 5.41) is 11.0. The highest BCUT2D eigenvalue weighted by Gasteiger charge is 2.50. The van der Waals surface area contributed by atoms with Crippen LogP contribution < -0.4 is 9.64 Å². The van der Waals surface area contributed by atoms with Crippen LogP contribution in [0, 0.1) is 6.92 Å². The molecule has 0 aromatic heterocycles. The van der Waals surface area contributed by atoms with E-state index in [0.717, 1.165) is 15.8 Å².